The third kappa shape index (κ3) is 2.90. The number of carbonyl (C=O) groups is 1. The number of hydrogen-bond acceptors (Lipinski definition) is 2. The third-order valence-corrected chi connectivity index (χ3v) is 5.14. The first-order valence-corrected chi connectivity index (χ1v) is 8.40. The maximum absolute atomic E-state index is 13.4. The highest BCUT2D eigenvalue weighted by molar-refractivity contribution is 5.97. The van der Waals surface area contributed by atoms with Crippen molar-refractivity contribution in [1.82, 2.24) is 9.78 Å². The molecule has 0 fully saturated rings. The Bertz CT molecular complexity index is 677. The molecule has 1 aliphatic rings. The molecule has 1 aromatic heterocycles. The number of rotatable bonds is 4. The van der Waals surface area contributed by atoms with E-state index in [1.54, 1.807) is 6.20 Å². The Balaban J connectivity index is 1.91. The molecule has 2 aromatic rings. The van der Waals surface area contributed by atoms with Crippen molar-refractivity contribution in [3.63, 3.8) is 0 Å². The lowest BCUT2D eigenvalue weighted by Crippen LogP contribution is -2.49. The molecule has 0 saturated carbocycles. The quantitative estimate of drug-likeness (QED) is 0.866. The maximum atomic E-state index is 13.4. The molecule has 1 unspecified atom stereocenters. The van der Waals surface area contributed by atoms with E-state index in [9.17, 15) is 4.79 Å². The van der Waals surface area contributed by atoms with E-state index in [4.69, 9.17) is 0 Å². The summed E-state index contributed by atoms with van der Waals surface area (Å²) in [4.78, 5) is 15.3. The average Bonchev–Trinajstić information content (AvgIpc) is 3.03. The number of aryl methyl sites for hydroxylation is 1. The zero-order valence-electron chi connectivity index (χ0n) is 14.2. The standard InChI is InChI=1S/C19H25N3O/c1-15(2)19(3,14-16-8-5-4-6-9-16)18(23)21-12-7-13-22-17(21)10-11-20-22/h4-6,8-11,15H,7,12-14H2,1-3H3. The molecule has 1 aliphatic heterocycles. The fourth-order valence-corrected chi connectivity index (χ4v) is 3.28. The van der Waals surface area contributed by atoms with E-state index in [-0.39, 0.29) is 11.8 Å². The van der Waals surface area contributed by atoms with Crippen LogP contribution in [0.5, 0.6) is 0 Å². The summed E-state index contributed by atoms with van der Waals surface area (Å²) in [6.07, 6.45) is 3.50. The van der Waals surface area contributed by atoms with Crippen molar-refractivity contribution >= 4 is 11.7 Å². The Morgan fingerprint density at radius 1 is 1.22 bits per heavy atom. The summed E-state index contributed by atoms with van der Waals surface area (Å²) in [6, 6.07) is 12.2. The molecule has 4 nitrogen and oxygen atoms in total. The van der Waals surface area contributed by atoms with Gasteiger partial charge < -0.3 is 0 Å². The molecule has 0 bridgehead atoms. The molecule has 4 heteroatoms. The third-order valence-electron chi connectivity index (χ3n) is 5.14. The summed E-state index contributed by atoms with van der Waals surface area (Å²) in [5.74, 6) is 1.40. The van der Waals surface area contributed by atoms with Crippen LogP contribution in [0.25, 0.3) is 0 Å². The van der Waals surface area contributed by atoms with Crippen LogP contribution < -0.4 is 4.90 Å². The normalized spacial score (nSPS) is 17.0. The van der Waals surface area contributed by atoms with Gasteiger partial charge in [-0.2, -0.15) is 5.10 Å². The van der Waals surface area contributed by atoms with Gasteiger partial charge in [0.15, 0.2) is 0 Å². The van der Waals surface area contributed by atoms with E-state index in [0.717, 1.165) is 31.7 Å². The fourth-order valence-electron chi connectivity index (χ4n) is 3.28. The average molecular weight is 311 g/mol. The van der Waals surface area contributed by atoms with Crippen LogP contribution in [0.2, 0.25) is 0 Å². The minimum Gasteiger partial charge on any atom is -0.296 e. The van der Waals surface area contributed by atoms with Gasteiger partial charge in [-0.3, -0.25) is 9.69 Å². The Kier molecular flexibility index (Phi) is 4.24. The van der Waals surface area contributed by atoms with E-state index in [2.05, 4.69) is 38.0 Å². The van der Waals surface area contributed by atoms with Crippen molar-refractivity contribution in [2.75, 3.05) is 11.4 Å². The number of carbonyl (C=O) groups excluding carboxylic acids is 1. The lowest BCUT2D eigenvalue weighted by atomic mass is 9.73. The summed E-state index contributed by atoms with van der Waals surface area (Å²) in [5, 5.41) is 4.32. The van der Waals surface area contributed by atoms with Crippen molar-refractivity contribution < 1.29 is 4.79 Å². The molecular weight excluding hydrogens is 286 g/mol. The smallest absolute Gasteiger partial charge is 0.234 e. The van der Waals surface area contributed by atoms with Crippen molar-refractivity contribution in [3.05, 3.63) is 48.2 Å². The van der Waals surface area contributed by atoms with Crippen molar-refractivity contribution in [2.24, 2.45) is 11.3 Å². The van der Waals surface area contributed by atoms with Gasteiger partial charge in [-0.05, 0) is 24.3 Å². The van der Waals surface area contributed by atoms with Crippen LogP contribution in [0.4, 0.5) is 5.82 Å². The van der Waals surface area contributed by atoms with Gasteiger partial charge in [-0.1, -0.05) is 51.1 Å². The predicted octanol–water partition coefficient (Wildman–Crippen LogP) is 3.52. The SMILES string of the molecule is CC(C)C(C)(Cc1ccccc1)C(=O)N1CCCn2nccc21. The van der Waals surface area contributed by atoms with Crippen LogP contribution >= 0.6 is 0 Å². The highest BCUT2D eigenvalue weighted by atomic mass is 16.2. The number of amides is 1. The van der Waals surface area contributed by atoms with Gasteiger partial charge in [0.05, 0.1) is 11.6 Å². The number of anilines is 1. The molecule has 1 atom stereocenters. The second-order valence-electron chi connectivity index (χ2n) is 6.96. The van der Waals surface area contributed by atoms with Gasteiger partial charge in [0, 0.05) is 19.2 Å². The van der Waals surface area contributed by atoms with E-state index in [0.29, 0.717) is 0 Å². The van der Waals surface area contributed by atoms with Gasteiger partial charge in [0.25, 0.3) is 0 Å². The van der Waals surface area contributed by atoms with Crippen LogP contribution in [0.15, 0.2) is 42.6 Å². The molecule has 0 saturated heterocycles. The molecule has 0 radical (unpaired) electrons. The highest BCUT2D eigenvalue weighted by Gasteiger charge is 2.41. The lowest BCUT2D eigenvalue weighted by molar-refractivity contribution is -0.130. The zero-order valence-corrected chi connectivity index (χ0v) is 14.2. The summed E-state index contributed by atoms with van der Waals surface area (Å²) in [6.45, 7) is 8.05. The van der Waals surface area contributed by atoms with Crippen molar-refractivity contribution in [2.45, 2.75) is 40.2 Å². The minimum absolute atomic E-state index is 0.206. The first kappa shape index (κ1) is 15.8. The van der Waals surface area contributed by atoms with Crippen LogP contribution in [-0.4, -0.2) is 22.2 Å². The molecule has 122 valence electrons. The predicted molar refractivity (Wildman–Crippen MR) is 92.3 cm³/mol. The van der Waals surface area contributed by atoms with Crippen LogP contribution in [-0.2, 0) is 17.8 Å². The number of hydrogen-bond donors (Lipinski definition) is 0. The van der Waals surface area contributed by atoms with E-state index in [1.807, 2.05) is 33.8 Å². The Labute approximate surface area is 138 Å². The lowest BCUT2D eigenvalue weighted by Gasteiger charge is -2.39. The maximum Gasteiger partial charge on any atom is 0.234 e. The molecule has 3 rings (SSSR count). The van der Waals surface area contributed by atoms with Gasteiger partial charge >= 0.3 is 0 Å². The number of benzene rings is 1. The Hall–Kier alpha value is -2.10. The van der Waals surface area contributed by atoms with Crippen molar-refractivity contribution in [3.8, 4) is 0 Å². The fraction of sp³-hybridized carbons (Fsp3) is 0.474. The van der Waals surface area contributed by atoms with Crippen molar-refractivity contribution in [1.29, 1.82) is 0 Å². The number of aromatic nitrogens is 2. The number of nitrogens with zero attached hydrogens (tertiary/aromatic N) is 3. The Morgan fingerprint density at radius 3 is 2.65 bits per heavy atom. The molecule has 2 heterocycles. The van der Waals surface area contributed by atoms with Crippen LogP contribution in [0.3, 0.4) is 0 Å². The summed E-state index contributed by atoms with van der Waals surface area (Å²) < 4.78 is 1.94. The van der Waals surface area contributed by atoms with E-state index >= 15 is 0 Å². The topological polar surface area (TPSA) is 38.1 Å². The van der Waals surface area contributed by atoms with Gasteiger partial charge in [0.1, 0.15) is 5.82 Å². The second kappa shape index (κ2) is 6.19. The van der Waals surface area contributed by atoms with E-state index < -0.39 is 5.41 Å². The van der Waals surface area contributed by atoms with Gasteiger partial charge in [-0.25, -0.2) is 4.68 Å². The first-order chi connectivity index (χ1) is 11.0. The molecule has 1 aromatic carbocycles. The zero-order chi connectivity index (χ0) is 16.4. The second-order valence-corrected chi connectivity index (χ2v) is 6.96. The highest BCUT2D eigenvalue weighted by Crippen LogP contribution is 2.36. The van der Waals surface area contributed by atoms with Crippen LogP contribution in [0, 0.1) is 11.3 Å². The van der Waals surface area contributed by atoms with Gasteiger partial charge in [0.2, 0.25) is 5.91 Å². The molecule has 1 amide bonds. The Morgan fingerprint density at radius 2 is 1.96 bits per heavy atom. The largest absolute Gasteiger partial charge is 0.296 e. The molecule has 23 heavy (non-hydrogen) atoms. The first-order valence-electron chi connectivity index (χ1n) is 8.40. The monoisotopic (exact) mass is 311 g/mol. The summed E-state index contributed by atoms with van der Waals surface area (Å²) in [5.41, 5.74) is 0.788. The minimum atomic E-state index is -0.423. The van der Waals surface area contributed by atoms with Crippen LogP contribution in [0.1, 0.15) is 32.8 Å². The molecule has 0 aliphatic carbocycles. The number of fused-ring (bicyclic) bond motifs is 1. The van der Waals surface area contributed by atoms with E-state index in [1.165, 1.54) is 5.56 Å². The molecular formula is C19H25N3O. The summed E-state index contributed by atoms with van der Waals surface area (Å²) >= 11 is 0. The molecule has 0 N–H and O–H groups in total. The molecule has 0 spiro atoms. The van der Waals surface area contributed by atoms with Gasteiger partial charge in [-0.15, -0.1) is 0 Å². The summed E-state index contributed by atoms with van der Waals surface area (Å²) in [7, 11) is 0.